The van der Waals surface area contributed by atoms with Crippen LogP contribution in [0.25, 0.3) is 0 Å². The van der Waals surface area contributed by atoms with Crippen LogP contribution in [0.2, 0.25) is 0 Å². The molecule has 3 N–H and O–H groups in total. The van der Waals surface area contributed by atoms with Gasteiger partial charge in [0.05, 0.1) is 13.7 Å². The first-order valence-electron chi connectivity index (χ1n) is 13.2. The van der Waals surface area contributed by atoms with Gasteiger partial charge in [-0.3, -0.25) is 19.4 Å². The summed E-state index contributed by atoms with van der Waals surface area (Å²) in [5.41, 5.74) is 4.40. The third-order valence-electron chi connectivity index (χ3n) is 7.92. The number of piperazine rings is 1. The van der Waals surface area contributed by atoms with Gasteiger partial charge in [0.1, 0.15) is 6.23 Å². The number of hydrogen-bond acceptors (Lipinski definition) is 7. The first-order valence-corrected chi connectivity index (χ1v) is 13.2. The third kappa shape index (κ3) is 6.28. The summed E-state index contributed by atoms with van der Waals surface area (Å²) in [5, 5.41) is 23.8. The Morgan fingerprint density at radius 1 is 1.11 bits per heavy atom. The van der Waals surface area contributed by atoms with Gasteiger partial charge in [-0.25, -0.2) is 0 Å². The number of carbonyl (C=O) groups excluding carboxylic acids is 2. The highest BCUT2D eigenvalue weighted by atomic mass is 16.5. The molecule has 0 aliphatic carbocycles. The van der Waals surface area contributed by atoms with Crippen LogP contribution in [0.4, 0.5) is 0 Å². The average Bonchev–Trinajstić information content (AvgIpc) is 3.37. The predicted molar refractivity (Wildman–Crippen MR) is 145 cm³/mol. The maximum absolute atomic E-state index is 12.3. The maximum atomic E-state index is 12.3. The molecule has 0 saturated carbocycles. The topological polar surface area (TPSA) is 106 Å². The van der Waals surface area contributed by atoms with E-state index in [2.05, 4.69) is 30.1 Å². The SMILES string of the molecule is COc1cc(CCC(C)(C)N2Cc3cccc(C(O)N4CCN(C(=O)CNC(C)=O)CC4)c3C2)ccc1O. The maximum Gasteiger partial charge on any atom is 0.242 e. The molecule has 1 saturated heterocycles. The van der Waals surface area contributed by atoms with Crippen molar-refractivity contribution in [2.45, 2.75) is 58.5 Å². The van der Waals surface area contributed by atoms with Crippen molar-refractivity contribution >= 4 is 11.8 Å². The second-order valence-electron chi connectivity index (χ2n) is 10.9. The number of rotatable bonds is 9. The zero-order valence-corrected chi connectivity index (χ0v) is 22.9. The summed E-state index contributed by atoms with van der Waals surface area (Å²) in [5.74, 6) is 0.321. The number of methoxy groups -OCH3 is 1. The molecular formula is C29H40N4O5. The number of hydrogen-bond donors (Lipinski definition) is 3. The van der Waals surface area contributed by atoms with Gasteiger partial charge in [0.25, 0.3) is 0 Å². The molecule has 4 rings (SSSR count). The van der Waals surface area contributed by atoms with E-state index >= 15 is 0 Å². The number of fused-ring (bicyclic) bond motifs is 1. The van der Waals surface area contributed by atoms with E-state index in [-0.39, 0.29) is 29.6 Å². The van der Waals surface area contributed by atoms with Gasteiger partial charge in [0, 0.05) is 57.3 Å². The lowest BCUT2D eigenvalue weighted by atomic mass is 9.93. The molecule has 2 heterocycles. The van der Waals surface area contributed by atoms with Crippen molar-refractivity contribution in [3.63, 3.8) is 0 Å². The van der Waals surface area contributed by atoms with Crippen molar-refractivity contribution in [1.29, 1.82) is 0 Å². The second-order valence-corrected chi connectivity index (χ2v) is 10.9. The fraction of sp³-hybridized carbons (Fsp3) is 0.517. The molecule has 1 unspecified atom stereocenters. The lowest BCUT2D eigenvalue weighted by Crippen LogP contribution is -2.51. The first kappa shape index (κ1) is 27.9. The molecule has 38 heavy (non-hydrogen) atoms. The van der Waals surface area contributed by atoms with Gasteiger partial charge in [-0.15, -0.1) is 0 Å². The molecular weight excluding hydrogens is 484 g/mol. The Kier molecular flexibility index (Phi) is 8.60. The highest BCUT2D eigenvalue weighted by Gasteiger charge is 2.35. The number of aromatic hydroxyl groups is 1. The smallest absolute Gasteiger partial charge is 0.242 e. The molecule has 0 radical (unpaired) electrons. The van der Waals surface area contributed by atoms with E-state index in [1.54, 1.807) is 18.1 Å². The molecule has 2 amide bonds. The molecule has 0 bridgehead atoms. The minimum atomic E-state index is -0.731. The Morgan fingerprint density at radius 2 is 1.84 bits per heavy atom. The van der Waals surface area contributed by atoms with Crippen molar-refractivity contribution in [3.8, 4) is 11.5 Å². The number of carbonyl (C=O) groups is 2. The Morgan fingerprint density at radius 3 is 2.53 bits per heavy atom. The van der Waals surface area contributed by atoms with Gasteiger partial charge in [0.15, 0.2) is 11.5 Å². The van der Waals surface area contributed by atoms with Gasteiger partial charge in [-0.05, 0) is 55.5 Å². The predicted octanol–water partition coefficient (Wildman–Crippen LogP) is 2.40. The minimum Gasteiger partial charge on any atom is -0.504 e. The molecule has 2 aliphatic rings. The fourth-order valence-corrected chi connectivity index (χ4v) is 5.33. The Bertz CT molecular complexity index is 1160. The molecule has 206 valence electrons. The van der Waals surface area contributed by atoms with Crippen molar-refractivity contribution in [2.75, 3.05) is 39.8 Å². The number of aliphatic hydroxyl groups is 1. The largest absolute Gasteiger partial charge is 0.504 e. The molecule has 1 atom stereocenters. The summed E-state index contributed by atoms with van der Waals surface area (Å²) in [6.45, 7) is 9.69. The van der Waals surface area contributed by atoms with Crippen molar-refractivity contribution < 1.29 is 24.5 Å². The zero-order valence-electron chi connectivity index (χ0n) is 22.9. The first-order chi connectivity index (χ1) is 18.1. The zero-order chi connectivity index (χ0) is 27.4. The van der Waals surface area contributed by atoms with Crippen molar-refractivity contribution in [1.82, 2.24) is 20.0 Å². The molecule has 0 spiro atoms. The third-order valence-corrected chi connectivity index (χ3v) is 7.92. The number of nitrogens with one attached hydrogen (secondary N) is 1. The van der Waals surface area contributed by atoms with Crippen LogP contribution < -0.4 is 10.1 Å². The molecule has 0 aromatic heterocycles. The lowest BCUT2D eigenvalue weighted by molar-refractivity contribution is -0.135. The number of aryl methyl sites for hydroxylation is 1. The van der Waals surface area contributed by atoms with Crippen LogP contribution >= 0.6 is 0 Å². The summed E-state index contributed by atoms with van der Waals surface area (Å²) in [4.78, 5) is 29.7. The van der Waals surface area contributed by atoms with Crippen LogP contribution in [0.5, 0.6) is 11.5 Å². The number of phenols is 1. The average molecular weight is 525 g/mol. The summed E-state index contributed by atoms with van der Waals surface area (Å²) in [6, 6.07) is 11.7. The summed E-state index contributed by atoms with van der Waals surface area (Å²) < 4.78 is 5.26. The van der Waals surface area contributed by atoms with E-state index < -0.39 is 6.23 Å². The second kappa shape index (κ2) is 11.7. The molecule has 9 heteroatoms. The van der Waals surface area contributed by atoms with E-state index in [0.29, 0.717) is 31.9 Å². The lowest BCUT2D eigenvalue weighted by Gasteiger charge is -2.38. The highest BCUT2D eigenvalue weighted by Crippen LogP contribution is 2.37. The molecule has 2 aromatic carbocycles. The van der Waals surface area contributed by atoms with Crippen LogP contribution in [0.15, 0.2) is 36.4 Å². The van der Waals surface area contributed by atoms with Crippen LogP contribution in [0.3, 0.4) is 0 Å². The van der Waals surface area contributed by atoms with E-state index in [9.17, 15) is 19.8 Å². The highest BCUT2D eigenvalue weighted by molar-refractivity contribution is 5.83. The fourth-order valence-electron chi connectivity index (χ4n) is 5.33. The van der Waals surface area contributed by atoms with Gasteiger partial charge in [-0.2, -0.15) is 0 Å². The Balaban J connectivity index is 1.37. The molecule has 1 fully saturated rings. The van der Waals surface area contributed by atoms with Crippen molar-refractivity contribution in [3.05, 3.63) is 58.7 Å². The van der Waals surface area contributed by atoms with E-state index in [0.717, 1.165) is 37.1 Å². The Labute approximate surface area is 225 Å². The van der Waals surface area contributed by atoms with Crippen LogP contribution in [0, 0.1) is 0 Å². The number of nitrogens with zero attached hydrogens (tertiary/aromatic N) is 3. The number of aliphatic hydroxyl groups excluding tert-OH is 1. The minimum absolute atomic E-state index is 0.00991. The van der Waals surface area contributed by atoms with Gasteiger partial charge in [0.2, 0.25) is 11.8 Å². The van der Waals surface area contributed by atoms with Gasteiger partial charge in [-0.1, -0.05) is 24.3 Å². The summed E-state index contributed by atoms with van der Waals surface area (Å²) in [7, 11) is 1.56. The molecule has 9 nitrogen and oxygen atoms in total. The van der Waals surface area contributed by atoms with E-state index in [1.807, 2.05) is 29.2 Å². The summed E-state index contributed by atoms with van der Waals surface area (Å²) in [6.07, 6.45) is 1.06. The van der Waals surface area contributed by atoms with Crippen molar-refractivity contribution in [2.24, 2.45) is 0 Å². The van der Waals surface area contributed by atoms with E-state index in [4.69, 9.17) is 4.74 Å². The summed E-state index contributed by atoms with van der Waals surface area (Å²) >= 11 is 0. The monoisotopic (exact) mass is 524 g/mol. The molecule has 2 aliphatic heterocycles. The Hall–Kier alpha value is -3.14. The van der Waals surface area contributed by atoms with E-state index in [1.165, 1.54) is 18.1 Å². The van der Waals surface area contributed by atoms with Crippen LogP contribution in [0.1, 0.15) is 55.7 Å². The molecule has 2 aromatic rings. The number of amides is 2. The quantitative estimate of drug-likeness (QED) is 0.463. The standard InChI is InChI=1S/C29H40N4O5/c1-20(34)30-17-27(36)31-12-14-32(15-13-31)28(37)23-7-5-6-22-18-33(19-24(22)23)29(2,3)11-10-21-8-9-25(35)26(16-21)38-4/h5-9,16,28,35,37H,10-15,17-19H2,1-4H3,(H,30,34). The van der Waals surface area contributed by atoms with Crippen LogP contribution in [-0.4, -0.2) is 82.1 Å². The number of phenolic OH excluding ortho intramolecular Hbond substituents is 1. The number of benzene rings is 2. The van der Waals surface area contributed by atoms with Gasteiger partial charge >= 0.3 is 0 Å². The normalized spacial score (nSPS) is 17.2. The van der Waals surface area contributed by atoms with Crippen LogP contribution in [-0.2, 0) is 29.1 Å². The van der Waals surface area contributed by atoms with Gasteiger partial charge < -0.3 is 25.2 Å². The number of ether oxygens (including phenoxy) is 1.